The van der Waals surface area contributed by atoms with Crippen LogP contribution >= 0.6 is 0 Å². The molecule has 0 spiro atoms. The molecule has 0 bridgehead atoms. The van der Waals surface area contributed by atoms with Gasteiger partial charge in [0, 0.05) is 36.9 Å². The molecule has 254 valence electrons. The van der Waals surface area contributed by atoms with Crippen LogP contribution < -0.4 is 10.2 Å². The van der Waals surface area contributed by atoms with E-state index in [1.807, 2.05) is 25.1 Å². The van der Waals surface area contributed by atoms with E-state index in [0.29, 0.717) is 25.4 Å². The van der Waals surface area contributed by atoms with E-state index >= 15 is 0 Å². The van der Waals surface area contributed by atoms with E-state index in [9.17, 15) is 4.79 Å². The van der Waals surface area contributed by atoms with Gasteiger partial charge in [-0.15, -0.1) is 0 Å². The molecule has 0 amide bonds. The number of carbonyl (C=O) groups is 1. The molecule has 0 unspecified atom stereocenters. The fourth-order valence-electron chi connectivity index (χ4n) is 6.84. The van der Waals surface area contributed by atoms with Crippen LogP contribution in [-0.4, -0.2) is 47.6 Å². The van der Waals surface area contributed by atoms with Gasteiger partial charge in [0.05, 0.1) is 47.0 Å². The summed E-state index contributed by atoms with van der Waals surface area (Å²) in [5.74, 6) is 0.413. The maximum Gasteiger partial charge on any atom is 0.494 e. The molecule has 4 aromatic rings. The number of pyridine rings is 1. The average Bonchev–Trinajstić information content (AvgIpc) is 3.47. The summed E-state index contributed by atoms with van der Waals surface area (Å²) in [7, 11) is 1.24. The van der Waals surface area contributed by atoms with Gasteiger partial charge in [0.2, 0.25) is 0 Å². The standard InChI is InChI=1S/C39H49BN2O6/c1-25(44-9)34-32(20-30(22-41-34)45-23-27-14-11-10-12-15-27)36-33(21-37(3,4)24-46-26(2)43)31-19-29(18-28-16-13-17-42(36)35(28)31)40-47-38(5,6)39(7,8)48-40/h10-12,14-15,18-20,22,25H,13,16-17,21,23-24H2,1-9H3/t25-/m0/s1. The molecule has 1 atom stereocenters. The van der Waals surface area contributed by atoms with Crippen molar-refractivity contribution in [3.63, 3.8) is 0 Å². The molecule has 2 aliphatic heterocycles. The van der Waals surface area contributed by atoms with E-state index in [1.54, 1.807) is 13.3 Å². The monoisotopic (exact) mass is 652 g/mol. The summed E-state index contributed by atoms with van der Waals surface area (Å²) in [6, 6.07) is 16.8. The number of hydrogen-bond donors (Lipinski definition) is 0. The zero-order chi connectivity index (χ0) is 34.4. The Labute approximate surface area is 285 Å². The number of nitrogens with zero attached hydrogens (tertiary/aromatic N) is 2. The highest BCUT2D eigenvalue weighted by Gasteiger charge is 2.52. The summed E-state index contributed by atoms with van der Waals surface area (Å²) in [6.07, 6.45) is 4.17. The van der Waals surface area contributed by atoms with Crippen molar-refractivity contribution in [3.05, 3.63) is 77.1 Å². The molecule has 1 saturated heterocycles. The molecular formula is C39H49BN2O6. The molecule has 2 aliphatic rings. The smallest absolute Gasteiger partial charge is 0.487 e. The lowest BCUT2D eigenvalue weighted by molar-refractivity contribution is -0.143. The normalized spacial score (nSPS) is 17.5. The van der Waals surface area contributed by atoms with Crippen LogP contribution in [0.5, 0.6) is 5.75 Å². The minimum absolute atomic E-state index is 0.251. The molecule has 4 heterocycles. The minimum Gasteiger partial charge on any atom is -0.487 e. The Balaban J connectivity index is 1.56. The zero-order valence-electron chi connectivity index (χ0n) is 29.9. The zero-order valence-corrected chi connectivity index (χ0v) is 29.9. The fourth-order valence-corrected chi connectivity index (χ4v) is 6.84. The van der Waals surface area contributed by atoms with Crippen molar-refractivity contribution in [2.24, 2.45) is 5.41 Å². The summed E-state index contributed by atoms with van der Waals surface area (Å²) in [5, 5.41) is 1.16. The van der Waals surface area contributed by atoms with Crippen LogP contribution in [0, 0.1) is 5.41 Å². The van der Waals surface area contributed by atoms with E-state index in [1.165, 1.54) is 23.6 Å². The summed E-state index contributed by atoms with van der Waals surface area (Å²) in [6.45, 7) is 17.8. The Bertz CT molecular complexity index is 1800. The number of aromatic nitrogens is 2. The molecule has 2 aromatic carbocycles. The Morgan fingerprint density at radius 1 is 1.08 bits per heavy atom. The van der Waals surface area contributed by atoms with E-state index in [2.05, 4.69) is 76.4 Å². The Kier molecular flexibility index (Phi) is 9.26. The van der Waals surface area contributed by atoms with Gasteiger partial charge < -0.3 is 28.1 Å². The fraction of sp³-hybridized carbons (Fsp3) is 0.487. The van der Waals surface area contributed by atoms with Crippen molar-refractivity contribution < 1.29 is 28.3 Å². The average molecular weight is 653 g/mol. The third kappa shape index (κ3) is 6.65. The van der Waals surface area contributed by atoms with Gasteiger partial charge in [0.25, 0.3) is 0 Å². The van der Waals surface area contributed by atoms with E-state index in [-0.39, 0.29) is 17.5 Å². The molecule has 1 fully saturated rings. The third-order valence-electron chi connectivity index (χ3n) is 10.2. The Hall–Kier alpha value is -3.66. The van der Waals surface area contributed by atoms with Gasteiger partial charge in [-0.1, -0.05) is 56.3 Å². The second-order valence-corrected chi connectivity index (χ2v) is 15.1. The van der Waals surface area contributed by atoms with Crippen molar-refractivity contribution in [2.75, 3.05) is 13.7 Å². The van der Waals surface area contributed by atoms with Crippen LogP contribution in [0.4, 0.5) is 0 Å². The molecule has 0 radical (unpaired) electrons. The molecule has 0 aliphatic carbocycles. The third-order valence-corrected chi connectivity index (χ3v) is 10.2. The molecule has 0 saturated carbocycles. The van der Waals surface area contributed by atoms with E-state index < -0.39 is 18.3 Å². The highest BCUT2D eigenvalue weighted by atomic mass is 16.7. The first-order valence-electron chi connectivity index (χ1n) is 17.1. The molecule has 0 N–H and O–H groups in total. The van der Waals surface area contributed by atoms with Gasteiger partial charge in [0.15, 0.2) is 0 Å². The lowest BCUT2D eigenvalue weighted by Gasteiger charge is -2.32. The first kappa shape index (κ1) is 34.2. The largest absolute Gasteiger partial charge is 0.494 e. The number of ether oxygens (including phenoxy) is 3. The highest BCUT2D eigenvalue weighted by molar-refractivity contribution is 6.62. The van der Waals surface area contributed by atoms with Crippen LogP contribution in [0.15, 0.2) is 54.7 Å². The number of rotatable bonds is 11. The van der Waals surface area contributed by atoms with Gasteiger partial charge in [-0.2, -0.15) is 0 Å². The summed E-state index contributed by atoms with van der Waals surface area (Å²) in [4.78, 5) is 16.9. The SMILES string of the molecule is CO[C@@H](C)c1ncc(OCc2ccccc2)cc1-c1c(CC(C)(C)COC(C)=O)c2cc(B3OC(C)(C)C(C)(C)O3)cc3c2n1CCC3. The number of aryl methyl sites for hydroxylation is 2. The summed E-state index contributed by atoms with van der Waals surface area (Å²) >= 11 is 0. The van der Waals surface area contributed by atoms with Gasteiger partial charge in [-0.3, -0.25) is 9.78 Å². The first-order chi connectivity index (χ1) is 22.7. The van der Waals surface area contributed by atoms with Gasteiger partial charge in [-0.05, 0) is 82.1 Å². The van der Waals surface area contributed by atoms with Crippen molar-refractivity contribution in [1.29, 1.82) is 0 Å². The molecule has 8 nitrogen and oxygen atoms in total. The molecule has 9 heteroatoms. The minimum atomic E-state index is -0.480. The number of benzene rings is 2. The van der Waals surface area contributed by atoms with Crippen molar-refractivity contribution in [3.8, 4) is 17.0 Å². The predicted octanol–water partition coefficient (Wildman–Crippen LogP) is 7.37. The quantitative estimate of drug-likeness (QED) is 0.124. The maximum atomic E-state index is 11.9. The van der Waals surface area contributed by atoms with Gasteiger partial charge in [0.1, 0.15) is 12.4 Å². The lowest BCUT2D eigenvalue weighted by atomic mass is 9.76. The topological polar surface area (TPSA) is 81.0 Å². The number of hydrogen-bond acceptors (Lipinski definition) is 7. The van der Waals surface area contributed by atoms with Gasteiger partial charge >= 0.3 is 13.1 Å². The Morgan fingerprint density at radius 3 is 2.46 bits per heavy atom. The maximum absolute atomic E-state index is 11.9. The van der Waals surface area contributed by atoms with Crippen LogP contribution in [0.25, 0.3) is 22.2 Å². The Morgan fingerprint density at radius 2 is 1.79 bits per heavy atom. The predicted molar refractivity (Wildman–Crippen MR) is 190 cm³/mol. The summed E-state index contributed by atoms with van der Waals surface area (Å²) in [5.41, 5.74) is 7.46. The van der Waals surface area contributed by atoms with E-state index in [4.69, 9.17) is 28.5 Å². The molecular weight excluding hydrogens is 603 g/mol. The molecule has 2 aromatic heterocycles. The van der Waals surface area contributed by atoms with Crippen molar-refractivity contribution >= 4 is 29.5 Å². The van der Waals surface area contributed by atoms with Crippen molar-refractivity contribution in [1.82, 2.24) is 9.55 Å². The number of carbonyl (C=O) groups excluding carboxylic acids is 1. The van der Waals surface area contributed by atoms with Crippen LogP contribution in [0.3, 0.4) is 0 Å². The second-order valence-electron chi connectivity index (χ2n) is 15.1. The first-order valence-corrected chi connectivity index (χ1v) is 17.1. The number of methoxy groups -OCH3 is 1. The molecule has 6 rings (SSSR count). The van der Waals surface area contributed by atoms with Crippen molar-refractivity contribution in [2.45, 2.75) is 105 Å². The van der Waals surface area contributed by atoms with Crippen LogP contribution in [-0.2, 0) is 49.6 Å². The second kappa shape index (κ2) is 13.0. The highest BCUT2D eigenvalue weighted by Crippen LogP contribution is 2.44. The van der Waals surface area contributed by atoms with E-state index in [0.717, 1.165) is 52.8 Å². The van der Waals surface area contributed by atoms with Crippen LogP contribution in [0.1, 0.15) is 90.3 Å². The number of esters is 1. The lowest BCUT2D eigenvalue weighted by Crippen LogP contribution is -2.41. The summed E-state index contributed by atoms with van der Waals surface area (Å²) < 4.78 is 33.4. The molecule has 48 heavy (non-hydrogen) atoms. The van der Waals surface area contributed by atoms with Crippen LogP contribution in [0.2, 0.25) is 0 Å². The van der Waals surface area contributed by atoms with Gasteiger partial charge in [-0.25, -0.2) is 0 Å².